The average Bonchev–Trinajstić information content (AvgIpc) is 3.08. The number of nitrogens with two attached hydrogens (primary N) is 1. The minimum atomic E-state index is -4.49. The standard InChI is InChI=1S/C25H21F3N2O2/c26-25(27,28)22-12-11-16(14-23(22)29)6-5-13-30-24(31)32-15-21-19-9-3-1-7-17(19)18-8-2-4-10-20(18)21/h1-12,14,21H,13,15,29H2,(H,30,31). The molecule has 1 amide bonds. The topological polar surface area (TPSA) is 64.3 Å². The Kier molecular flexibility index (Phi) is 5.90. The van der Waals surface area contributed by atoms with E-state index in [0.717, 1.165) is 28.3 Å². The summed E-state index contributed by atoms with van der Waals surface area (Å²) in [5, 5.41) is 2.62. The number of alkyl carbamates (subject to hydrolysis) is 1. The van der Waals surface area contributed by atoms with Gasteiger partial charge in [-0.15, -0.1) is 0 Å². The molecule has 0 unspecified atom stereocenters. The first-order chi connectivity index (χ1) is 15.3. The number of anilines is 1. The van der Waals surface area contributed by atoms with E-state index >= 15 is 0 Å². The van der Waals surface area contributed by atoms with Crippen LogP contribution in [-0.4, -0.2) is 19.2 Å². The van der Waals surface area contributed by atoms with E-state index in [1.807, 2.05) is 36.4 Å². The summed E-state index contributed by atoms with van der Waals surface area (Å²) in [4.78, 5) is 12.1. The number of fused-ring (bicyclic) bond motifs is 3. The van der Waals surface area contributed by atoms with E-state index in [1.165, 1.54) is 12.1 Å². The highest BCUT2D eigenvalue weighted by atomic mass is 19.4. The first kappa shape index (κ1) is 21.5. The SMILES string of the molecule is Nc1cc(C=CCNC(=O)OCC2c3ccccc3-c3ccccc32)ccc1C(F)(F)F. The van der Waals surface area contributed by atoms with Gasteiger partial charge in [0.05, 0.1) is 5.56 Å². The van der Waals surface area contributed by atoms with Crippen molar-refractivity contribution in [3.05, 3.63) is 95.1 Å². The molecular weight excluding hydrogens is 417 g/mol. The van der Waals surface area contributed by atoms with E-state index in [4.69, 9.17) is 10.5 Å². The van der Waals surface area contributed by atoms with Gasteiger partial charge in [0.2, 0.25) is 0 Å². The van der Waals surface area contributed by atoms with Crippen molar-refractivity contribution >= 4 is 17.9 Å². The fourth-order valence-corrected chi connectivity index (χ4v) is 3.93. The van der Waals surface area contributed by atoms with Crippen LogP contribution >= 0.6 is 0 Å². The number of halogens is 3. The second-order valence-electron chi connectivity index (χ2n) is 7.45. The maximum Gasteiger partial charge on any atom is 0.418 e. The van der Waals surface area contributed by atoms with Crippen molar-refractivity contribution in [3.63, 3.8) is 0 Å². The molecule has 0 heterocycles. The summed E-state index contributed by atoms with van der Waals surface area (Å²) in [7, 11) is 0. The highest BCUT2D eigenvalue weighted by Crippen LogP contribution is 2.44. The number of hydrogen-bond acceptors (Lipinski definition) is 3. The van der Waals surface area contributed by atoms with Crippen molar-refractivity contribution in [2.45, 2.75) is 12.1 Å². The fourth-order valence-electron chi connectivity index (χ4n) is 3.93. The highest BCUT2D eigenvalue weighted by Gasteiger charge is 2.32. The first-order valence-electron chi connectivity index (χ1n) is 10.1. The normalized spacial score (nSPS) is 13.1. The molecule has 164 valence electrons. The van der Waals surface area contributed by atoms with Gasteiger partial charge in [0.15, 0.2) is 0 Å². The van der Waals surface area contributed by atoms with Gasteiger partial charge in [0.25, 0.3) is 0 Å². The Morgan fingerprint density at radius 3 is 2.22 bits per heavy atom. The Balaban J connectivity index is 1.31. The van der Waals surface area contributed by atoms with E-state index in [-0.39, 0.29) is 24.8 Å². The second-order valence-corrected chi connectivity index (χ2v) is 7.45. The molecule has 32 heavy (non-hydrogen) atoms. The average molecular weight is 438 g/mol. The predicted octanol–water partition coefficient (Wildman–Crippen LogP) is 5.84. The zero-order valence-electron chi connectivity index (χ0n) is 17.0. The highest BCUT2D eigenvalue weighted by molar-refractivity contribution is 5.79. The van der Waals surface area contributed by atoms with Crippen LogP contribution in [-0.2, 0) is 10.9 Å². The van der Waals surface area contributed by atoms with E-state index in [1.54, 1.807) is 12.2 Å². The molecule has 0 aliphatic heterocycles. The van der Waals surface area contributed by atoms with Crippen LogP contribution in [0.5, 0.6) is 0 Å². The molecule has 4 nitrogen and oxygen atoms in total. The van der Waals surface area contributed by atoms with E-state index < -0.39 is 17.8 Å². The van der Waals surface area contributed by atoms with Gasteiger partial charge in [0, 0.05) is 18.2 Å². The van der Waals surface area contributed by atoms with Crippen LogP contribution < -0.4 is 11.1 Å². The number of nitrogen functional groups attached to an aromatic ring is 1. The van der Waals surface area contributed by atoms with Crippen LogP contribution in [0.4, 0.5) is 23.7 Å². The van der Waals surface area contributed by atoms with Crippen molar-refractivity contribution in [1.29, 1.82) is 0 Å². The molecule has 7 heteroatoms. The number of rotatable bonds is 5. The summed E-state index contributed by atoms with van der Waals surface area (Å²) in [6.07, 6.45) is -1.86. The maximum absolute atomic E-state index is 12.8. The molecule has 0 atom stereocenters. The number of carbonyl (C=O) groups is 1. The Morgan fingerprint density at radius 2 is 1.62 bits per heavy atom. The van der Waals surface area contributed by atoms with E-state index in [2.05, 4.69) is 17.4 Å². The Labute approximate surface area is 183 Å². The lowest BCUT2D eigenvalue weighted by Crippen LogP contribution is -2.26. The lowest BCUT2D eigenvalue weighted by Gasteiger charge is -2.14. The number of benzene rings is 3. The number of ether oxygens (including phenoxy) is 1. The third-order valence-electron chi connectivity index (χ3n) is 5.40. The van der Waals surface area contributed by atoms with Gasteiger partial charge in [-0.2, -0.15) is 13.2 Å². The van der Waals surface area contributed by atoms with Gasteiger partial charge in [-0.3, -0.25) is 0 Å². The van der Waals surface area contributed by atoms with Crippen molar-refractivity contribution in [2.24, 2.45) is 0 Å². The summed E-state index contributed by atoms with van der Waals surface area (Å²) in [6, 6.07) is 19.6. The molecule has 0 bridgehead atoms. The summed E-state index contributed by atoms with van der Waals surface area (Å²) in [5.74, 6) is -0.0289. The molecule has 3 N–H and O–H groups in total. The van der Waals surface area contributed by atoms with Crippen molar-refractivity contribution in [2.75, 3.05) is 18.9 Å². The molecule has 0 spiro atoms. The number of hydrogen-bond donors (Lipinski definition) is 2. The predicted molar refractivity (Wildman–Crippen MR) is 118 cm³/mol. The lowest BCUT2D eigenvalue weighted by atomic mass is 9.98. The summed E-state index contributed by atoms with van der Waals surface area (Å²) in [6.45, 7) is 0.372. The molecular formula is C25H21F3N2O2. The lowest BCUT2D eigenvalue weighted by molar-refractivity contribution is -0.136. The number of alkyl halides is 3. The van der Waals surface area contributed by atoms with Crippen LogP contribution in [0, 0.1) is 0 Å². The van der Waals surface area contributed by atoms with Crippen molar-refractivity contribution in [3.8, 4) is 11.1 Å². The molecule has 0 saturated carbocycles. The minimum Gasteiger partial charge on any atom is -0.449 e. The van der Waals surface area contributed by atoms with Crippen LogP contribution in [0.25, 0.3) is 17.2 Å². The number of carbonyl (C=O) groups excluding carboxylic acids is 1. The molecule has 4 rings (SSSR count). The first-order valence-corrected chi connectivity index (χ1v) is 10.1. The summed E-state index contributed by atoms with van der Waals surface area (Å²) in [5.41, 5.74) is 9.33. The van der Waals surface area contributed by atoms with Gasteiger partial charge < -0.3 is 15.8 Å². The summed E-state index contributed by atoms with van der Waals surface area (Å²) >= 11 is 0. The fraction of sp³-hybridized carbons (Fsp3) is 0.160. The zero-order valence-corrected chi connectivity index (χ0v) is 17.0. The van der Waals surface area contributed by atoms with E-state index in [9.17, 15) is 18.0 Å². The van der Waals surface area contributed by atoms with Crippen LogP contribution in [0.2, 0.25) is 0 Å². The van der Waals surface area contributed by atoms with E-state index in [0.29, 0.717) is 5.56 Å². The third-order valence-corrected chi connectivity index (χ3v) is 5.40. The Bertz CT molecular complexity index is 1130. The van der Waals surface area contributed by atoms with Crippen LogP contribution in [0.3, 0.4) is 0 Å². The van der Waals surface area contributed by atoms with Gasteiger partial charge in [0.1, 0.15) is 6.61 Å². The van der Waals surface area contributed by atoms with Crippen LogP contribution in [0.1, 0.15) is 28.2 Å². The largest absolute Gasteiger partial charge is 0.449 e. The molecule has 3 aromatic carbocycles. The molecule has 1 aliphatic carbocycles. The van der Waals surface area contributed by atoms with Gasteiger partial charge >= 0.3 is 12.3 Å². The molecule has 0 fully saturated rings. The Hall–Kier alpha value is -3.74. The number of nitrogens with one attached hydrogen (secondary N) is 1. The quantitative estimate of drug-likeness (QED) is 0.492. The third kappa shape index (κ3) is 4.46. The van der Waals surface area contributed by atoms with Gasteiger partial charge in [-0.1, -0.05) is 66.7 Å². The zero-order chi connectivity index (χ0) is 22.7. The van der Waals surface area contributed by atoms with Crippen molar-refractivity contribution in [1.82, 2.24) is 5.32 Å². The maximum atomic E-state index is 12.8. The van der Waals surface area contributed by atoms with Gasteiger partial charge in [-0.25, -0.2) is 4.79 Å². The monoisotopic (exact) mass is 438 g/mol. The molecule has 0 aromatic heterocycles. The van der Waals surface area contributed by atoms with Gasteiger partial charge in [-0.05, 0) is 39.9 Å². The second kappa shape index (κ2) is 8.78. The van der Waals surface area contributed by atoms with Crippen molar-refractivity contribution < 1.29 is 22.7 Å². The molecule has 3 aromatic rings. The minimum absolute atomic E-state index is 0.0289. The Morgan fingerprint density at radius 1 is 1.00 bits per heavy atom. The molecule has 1 aliphatic rings. The molecule has 0 radical (unpaired) electrons. The number of amides is 1. The smallest absolute Gasteiger partial charge is 0.418 e. The molecule has 0 saturated heterocycles. The van der Waals surface area contributed by atoms with Crippen LogP contribution in [0.15, 0.2) is 72.8 Å². The summed E-state index contributed by atoms with van der Waals surface area (Å²) < 4.78 is 43.7.